The molecule has 3 N–H and O–H groups in total. The van der Waals surface area contributed by atoms with Crippen LogP contribution in [0.25, 0.3) is 11.0 Å². The Morgan fingerprint density at radius 3 is 2.57 bits per heavy atom. The number of benzene rings is 1. The highest BCUT2D eigenvalue weighted by atomic mass is 31.1. The average molecular weight is 550 g/mol. The second-order valence-electron chi connectivity index (χ2n) is 10.3. The number of amides is 1. The maximum absolute atomic E-state index is 12.7. The van der Waals surface area contributed by atoms with E-state index in [2.05, 4.69) is 41.3 Å². The zero-order chi connectivity index (χ0) is 27.0. The van der Waals surface area contributed by atoms with Gasteiger partial charge in [-0.1, -0.05) is 39.0 Å². The van der Waals surface area contributed by atoms with E-state index in [-0.39, 0.29) is 16.8 Å². The quantitative estimate of drug-likeness (QED) is 0.282. The average Bonchev–Trinajstić information content (AvgIpc) is 3.40. The Morgan fingerprint density at radius 1 is 1.24 bits per heavy atom. The maximum Gasteiger partial charge on any atom is 0.317 e. The lowest BCUT2D eigenvalue weighted by Crippen LogP contribution is -2.49. The lowest BCUT2D eigenvalue weighted by molar-refractivity contribution is -0.0485. The summed E-state index contributed by atoms with van der Waals surface area (Å²) in [5.41, 5.74) is 1.31. The number of rotatable bonds is 8. The van der Waals surface area contributed by atoms with Crippen LogP contribution in [0.1, 0.15) is 37.4 Å². The summed E-state index contributed by atoms with van der Waals surface area (Å²) < 4.78 is 31.4. The van der Waals surface area contributed by atoms with Gasteiger partial charge in [-0.15, -0.1) is 5.10 Å². The van der Waals surface area contributed by atoms with Gasteiger partial charge in [-0.3, -0.25) is 13.9 Å². The molecule has 0 radical (unpaired) electrons. The molecule has 1 fully saturated rings. The maximum atomic E-state index is 12.7. The Bertz CT molecular complexity index is 1280. The van der Waals surface area contributed by atoms with Crippen molar-refractivity contribution in [3.63, 3.8) is 0 Å². The van der Waals surface area contributed by atoms with Gasteiger partial charge >= 0.3 is 8.25 Å². The fourth-order valence-corrected chi connectivity index (χ4v) is 5.71. The third-order valence-corrected chi connectivity index (χ3v) is 11.8. The van der Waals surface area contributed by atoms with E-state index >= 15 is 0 Å². The zero-order valence-electron chi connectivity index (χ0n) is 21.3. The number of carbonyl (C=O) groups is 1. The Labute approximate surface area is 216 Å². The monoisotopic (exact) mass is 549 g/mol. The van der Waals surface area contributed by atoms with E-state index in [9.17, 15) is 19.4 Å². The number of carbonyl (C=O) groups excluding carboxylic acids is 1. The number of nitrogens with one attached hydrogen (secondary N) is 1. The lowest BCUT2D eigenvalue weighted by atomic mass is 10.1. The molecule has 2 aromatic heterocycles. The molecule has 12 nitrogen and oxygen atoms in total. The minimum atomic E-state index is -3.36. The highest BCUT2D eigenvalue weighted by molar-refractivity contribution is 7.32. The van der Waals surface area contributed by atoms with E-state index in [1.54, 1.807) is 28.8 Å². The number of nitrogens with zero attached hydrogens (tertiary/aromatic N) is 4. The molecule has 37 heavy (non-hydrogen) atoms. The van der Waals surface area contributed by atoms with Crippen LogP contribution < -0.4 is 5.32 Å². The molecule has 1 amide bonds. The van der Waals surface area contributed by atoms with E-state index < -0.39 is 47.7 Å². The smallest absolute Gasteiger partial charge is 0.317 e. The molecule has 1 unspecified atom stereocenters. The van der Waals surface area contributed by atoms with Crippen LogP contribution >= 0.6 is 8.25 Å². The van der Waals surface area contributed by atoms with Crippen LogP contribution in [0.5, 0.6) is 0 Å². The Balaban J connectivity index is 1.72. The molecule has 0 bridgehead atoms. The minimum Gasteiger partial charge on any atom is -0.407 e. The molecule has 5 atom stereocenters. The second kappa shape index (κ2) is 10.7. The first kappa shape index (κ1) is 27.5. The van der Waals surface area contributed by atoms with Gasteiger partial charge in [-0.25, -0.2) is 4.98 Å². The van der Waals surface area contributed by atoms with Gasteiger partial charge in [0.15, 0.2) is 20.4 Å². The first-order valence-electron chi connectivity index (χ1n) is 11.8. The SMILES string of the molecule is CC(C)(C)[Si](C)(C)O[C@@H]1[C@H](O[PH](=O)O)[C@@H](CO)O[C@H]1n1cnc2c(NC(=O)c3ccccc3)nncc21. The second-order valence-corrected chi connectivity index (χ2v) is 15.9. The number of aliphatic hydroxyl groups excluding tert-OH is 1. The van der Waals surface area contributed by atoms with E-state index in [4.69, 9.17) is 13.7 Å². The van der Waals surface area contributed by atoms with Gasteiger partial charge in [-0.05, 0) is 30.3 Å². The molecule has 0 aliphatic carbocycles. The molecule has 1 saturated heterocycles. The number of hydrogen-bond acceptors (Lipinski definition) is 9. The van der Waals surface area contributed by atoms with Gasteiger partial charge in [0.2, 0.25) is 0 Å². The summed E-state index contributed by atoms with van der Waals surface area (Å²) in [5.74, 6) is -0.202. The first-order valence-corrected chi connectivity index (χ1v) is 16.0. The molecule has 0 saturated carbocycles. The highest BCUT2D eigenvalue weighted by Gasteiger charge is 2.52. The fourth-order valence-electron chi connectivity index (χ4n) is 3.91. The molecule has 14 heteroatoms. The van der Waals surface area contributed by atoms with Crippen LogP contribution in [0.15, 0.2) is 42.9 Å². The largest absolute Gasteiger partial charge is 0.407 e. The summed E-state index contributed by atoms with van der Waals surface area (Å²) in [6.07, 6.45) is -0.617. The van der Waals surface area contributed by atoms with Crippen molar-refractivity contribution in [3.05, 3.63) is 48.4 Å². The van der Waals surface area contributed by atoms with E-state index in [0.29, 0.717) is 16.6 Å². The summed E-state index contributed by atoms with van der Waals surface area (Å²) >= 11 is 0. The summed E-state index contributed by atoms with van der Waals surface area (Å²) in [6.45, 7) is 9.86. The number of fused-ring (bicyclic) bond motifs is 1. The summed E-state index contributed by atoms with van der Waals surface area (Å²) in [4.78, 5) is 26.7. The van der Waals surface area contributed by atoms with E-state index in [0.717, 1.165) is 0 Å². The van der Waals surface area contributed by atoms with Gasteiger partial charge in [0, 0.05) is 5.56 Å². The molecule has 1 aliphatic heterocycles. The normalized spacial score (nSPS) is 23.3. The first-order chi connectivity index (χ1) is 17.4. The van der Waals surface area contributed by atoms with Crippen LogP contribution in [0.4, 0.5) is 5.82 Å². The fraction of sp³-hybridized carbons (Fsp3) is 0.478. The number of ether oxygens (including phenoxy) is 1. The standard InChI is InChI=1S/C23H32N5O7PSi/c1-23(2,3)37(4,5)35-19-18(34-36(31)32)16(12-29)33-22(19)28-13-24-17-15(28)11-25-27-20(17)26-21(30)14-9-7-6-8-10-14/h6-11,13,16,18-19,22,29,36H,12H2,1-5H3,(H,31,32)(H,26,27,30)/t16-,18-,19-,22-/m1/s1. The molecule has 4 rings (SSSR count). The summed E-state index contributed by atoms with van der Waals surface area (Å²) in [5, 5.41) is 20.6. The van der Waals surface area contributed by atoms with Crippen molar-refractivity contribution in [2.24, 2.45) is 0 Å². The molecule has 1 aliphatic rings. The number of imidazole rings is 1. The number of anilines is 1. The summed E-state index contributed by atoms with van der Waals surface area (Å²) in [6, 6.07) is 8.68. The number of aliphatic hydroxyl groups is 1. The van der Waals surface area contributed by atoms with Crippen LogP contribution in [0, 0.1) is 0 Å². The zero-order valence-corrected chi connectivity index (χ0v) is 23.3. The van der Waals surface area contributed by atoms with Crippen molar-refractivity contribution in [2.75, 3.05) is 11.9 Å². The van der Waals surface area contributed by atoms with Crippen molar-refractivity contribution in [1.82, 2.24) is 19.7 Å². The number of hydrogen-bond donors (Lipinski definition) is 3. The molecular weight excluding hydrogens is 517 g/mol. The Kier molecular flexibility index (Phi) is 7.95. The van der Waals surface area contributed by atoms with Crippen molar-refractivity contribution in [1.29, 1.82) is 0 Å². The third kappa shape index (κ3) is 5.67. The van der Waals surface area contributed by atoms with Crippen molar-refractivity contribution < 1.29 is 33.0 Å². The number of aromatic nitrogens is 4. The predicted octanol–water partition coefficient (Wildman–Crippen LogP) is 3.13. The topological polar surface area (TPSA) is 158 Å². The van der Waals surface area contributed by atoms with Gasteiger partial charge in [-0.2, -0.15) is 5.10 Å². The molecule has 3 heterocycles. The molecule has 0 spiro atoms. The van der Waals surface area contributed by atoms with Crippen LogP contribution in [-0.2, 0) is 18.3 Å². The van der Waals surface area contributed by atoms with Crippen molar-refractivity contribution in [3.8, 4) is 0 Å². The van der Waals surface area contributed by atoms with Crippen LogP contribution in [0.2, 0.25) is 18.1 Å². The Morgan fingerprint density at radius 2 is 1.95 bits per heavy atom. The molecular formula is C23H32N5O7PSi. The van der Waals surface area contributed by atoms with Gasteiger partial charge in [0.1, 0.15) is 23.8 Å². The molecule has 1 aromatic carbocycles. The van der Waals surface area contributed by atoms with Gasteiger partial charge in [0.05, 0.1) is 24.6 Å². The lowest BCUT2D eigenvalue weighted by Gasteiger charge is -2.40. The van der Waals surface area contributed by atoms with Crippen molar-refractivity contribution >= 4 is 39.3 Å². The van der Waals surface area contributed by atoms with Gasteiger partial charge in [0.25, 0.3) is 5.91 Å². The predicted molar refractivity (Wildman–Crippen MR) is 139 cm³/mol. The van der Waals surface area contributed by atoms with Crippen LogP contribution in [-0.4, -0.2) is 68.9 Å². The molecule has 3 aromatic rings. The Hall–Kier alpha value is -2.51. The third-order valence-electron chi connectivity index (χ3n) is 6.88. The molecule has 200 valence electrons. The van der Waals surface area contributed by atoms with Gasteiger partial charge < -0.3 is 29.0 Å². The van der Waals surface area contributed by atoms with Crippen molar-refractivity contribution in [2.45, 2.75) is 63.4 Å². The highest BCUT2D eigenvalue weighted by Crippen LogP contribution is 2.44. The van der Waals surface area contributed by atoms with Crippen LogP contribution in [0.3, 0.4) is 0 Å². The minimum absolute atomic E-state index is 0.164. The van der Waals surface area contributed by atoms with E-state index in [1.165, 1.54) is 12.5 Å². The summed E-state index contributed by atoms with van der Waals surface area (Å²) in [7, 11) is -5.79. The van der Waals surface area contributed by atoms with E-state index in [1.807, 2.05) is 19.2 Å².